The lowest BCUT2D eigenvalue weighted by Crippen LogP contribution is -2.52. The molecule has 0 atom stereocenters. The molecule has 0 aromatic heterocycles. The van der Waals surface area contributed by atoms with Crippen molar-refractivity contribution in [2.45, 2.75) is 58.0 Å². The fourth-order valence-electron chi connectivity index (χ4n) is 4.52. The molecular formula is C26H29NO4. The molecule has 0 radical (unpaired) electrons. The Balaban J connectivity index is 1.30. The fraction of sp³-hybridized carbons (Fsp3) is 0.423. The molecule has 0 unspecified atom stereocenters. The van der Waals surface area contributed by atoms with Crippen molar-refractivity contribution in [3.8, 4) is 5.75 Å². The number of fused-ring (bicyclic) bond motifs is 1. The van der Waals surface area contributed by atoms with E-state index in [0.717, 1.165) is 11.1 Å². The second-order valence-corrected chi connectivity index (χ2v) is 8.84. The van der Waals surface area contributed by atoms with Crippen LogP contribution in [0.4, 0.5) is 0 Å². The molecule has 1 saturated heterocycles. The molecule has 1 fully saturated rings. The lowest BCUT2D eigenvalue weighted by atomic mass is 9.82. The molecule has 5 nitrogen and oxygen atoms in total. The molecule has 2 aliphatic heterocycles. The summed E-state index contributed by atoms with van der Waals surface area (Å²) in [5, 5.41) is 0. The minimum Gasteiger partial charge on any atom is -0.486 e. The average molecular weight is 420 g/mol. The topological polar surface area (TPSA) is 63.7 Å². The van der Waals surface area contributed by atoms with E-state index in [1.807, 2.05) is 49.1 Å². The van der Waals surface area contributed by atoms with Crippen LogP contribution in [0.1, 0.15) is 70.4 Å². The van der Waals surface area contributed by atoms with Crippen LogP contribution < -0.4 is 4.74 Å². The first-order chi connectivity index (χ1) is 14.9. The maximum atomic E-state index is 12.8. The molecule has 2 aromatic carbocycles. The number of carbonyl (C=O) groups is 3. The summed E-state index contributed by atoms with van der Waals surface area (Å²) in [4.78, 5) is 39.5. The molecule has 1 amide bonds. The van der Waals surface area contributed by atoms with Crippen LogP contribution >= 0.6 is 0 Å². The van der Waals surface area contributed by atoms with Crippen LogP contribution in [-0.2, 0) is 4.79 Å². The molecule has 31 heavy (non-hydrogen) atoms. The SMILES string of the molecule is Cc1cc2c(cc1C)C(=O)CC1(CCN(C(=O)CCCC(=O)c3ccccc3)CC1)O2. The van der Waals surface area contributed by atoms with Crippen molar-refractivity contribution in [2.75, 3.05) is 13.1 Å². The van der Waals surface area contributed by atoms with E-state index in [9.17, 15) is 14.4 Å². The Morgan fingerprint density at radius 1 is 1.00 bits per heavy atom. The van der Waals surface area contributed by atoms with Crippen molar-refractivity contribution in [1.29, 1.82) is 0 Å². The van der Waals surface area contributed by atoms with Gasteiger partial charge in [-0.25, -0.2) is 0 Å². The van der Waals surface area contributed by atoms with Crippen molar-refractivity contribution in [2.24, 2.45) is 0 Å². The number of ether oxygens (including phenoxy) is 1. The number of benzene rings is 2. The molecule has 0 aliphatic carbocycles. The maximum absolute atomic E-state index is 12.8. The summed E-state index contributed by atoms with van der Waals surface area (Å²) < 4.78 is 6.35. The van der Waals surface area contributed by atoms with E-state index < -0.39 is 5.60 Å². The van der Waals surface area contributed by atoms with Gasteiger partial charge in [0.1, 0.15) is 11.4 Å². The smallest absolute Gasteiger partial charge is 0.222 e. The Labute approximate surface area is 183 Å². The van der Waals surface area contributed by atoms with Gasteiger partial charge in [-0.2, -0.15) is 0 Å². The van der Waals surface area contributed by atoms with Crippen molar-refractivity contribution < 1.29 is 19.1 Å². The van der Waals surface area contributed by atoms with E-state index in [4.69, 9.17) is 4.74 Å². The summed E-state index contributed by atoms with van der Waals surface area (Å²) in [6.07, 6.45) is 2.97. The van der Waals surface area contributed by atoms with Gasteiger partial charge in [0, 0.05) is 44.3 Å². The molecule has 0 saturated carbocycles. The highest BCUT2D eigenvalue weighted by Crippen LogP contribution is 2.40. The molecular weight excluding hydrogens is 390 g/mol. The first kappa shape index (κ1) is 21.3. The van der Waals surface area contributed by atoms with Gasteiger partial charge in [-0.05, 0) is 43.5 Å². The third kappa shape index (κ3) is 4.55. The molecule has 2 aromatic rings. The second-order valence-electron chi connectivity index (χ2n) is 8.84. The van der Waals surface area contributed by atoms with Crippen molar-refractivity contribution >= 4 is 17.5 Å². The zero-order valence-corrected chi connectivity index (χ0v) is 18.3. The minimum atomic E-state index is -0.508. The third-order valence-electron chi connectivity index (χ3n) is 6.62. The highest BCUT2D eigenvalue weighted by molar-refractivity contribution is 6.00. The second kappa shape index (κ2) is 8.66. The van der Waals surface area contributed by atoms with Crippen LogP contribution in [0.5, 0.6) is 5.75 Å². The van der Waals surface area contributed by atoms with Gasteiger partial charge in [0.2, 0.25) is 5.91 Å². The van der Waals surface area contributed by atoms with Gasteiger partial charge in [0.05, 0.1) is 12.0 Å². The Kier molecular flexibility index (Phi) is 5.94. The Morgan fingerprint density at radius 2 is 1.68 bits per heavy atom. The number of hydrogen-bond acceptors (Lipinski definition) is 4. The predicted molar refractivity (Wildman–Crippen MR) is 119 cm³/mol. The quantitative estimate of drug-likeness (QED) is 0.660. The summed E-state index contributed by atoms with van der Waals surface area (Å²) in [5.41, 5.74) is 3.07. The zero-order valence-electron chi connectivity index (χ0n) is 18.3. The molecule has 5 heteroatoms. The highest BCUT2D eigenvalue weighted by atomic mass is 16.5. The van der Waals surface area contributed by atoms with E-state index in [1.165, 1.54) is 0 Å². The number of likely N-dealkylation sites (tertiary alicyclic amines) is 1. The molecule has 162 valence electrons. The highest BCUT2D eigenvalue weighted by Gasteiger charge is 2.43. The van der Waals surface area contributed by atoms with Gasteiger partial charge < -0.3 is 9.64 Å². The van der Waals surface area contributed by atoms with Crippen LogP contribution in [-0.4, -0.2) is 41.1 Å². The molecule has 0 N–H and O–H groups in total. The number of rotatable bonds is 5. The number of aryl methyl sites for hydroxylation is 2. The number of ketones is 2. The summed E-state index contributed by atoms with van der Waals surface area (Å²) in [6, 6.07) is 13.1. The number of amides is 1. The maximum Gasteiger partial charge on any atom is 0.222 e. The monoisotopic (exact) mass is 419 g/mol. The largest absolute Gasteiger partial charge is 0.486 e. The zero-order chi connectivity index (χ0) is 22.0. The number of Topliss-reactive ketones (excluding diaryl/α,β-unsaturated/α-hetero) is 2. The van der Waals surface area contributed by atoms with Crippen molar-refractivity contribution in [3.05, 3.63) is 64.7 Å². The number of carbonyl (C=O) groups excluding carboxylic acids is 3. The van der Waals surface area contributed by atoms with Gasteiger partial charge in [-0.15, -0.1) is 0 Å². The van der Waals surface area contributed by atoms with E-state index in [0.29, 0.717) is 68.5 Å². The first-order valence-electron chi connectivity index (χ1n) is 11.1. The van der Waals surface area contributed by atoms with Crippen molar-refractivity contribution in [1.82, 2.24) is 4.90 Å². The minimum absolute atomic E-state index is 0.0734. The van der Waals surface area contributed by atoms with Crippen LogP contribution in [0.25, 0.3) is 0 Å². The van der Waals surface area contributed by atoms with Gasteiger partial charge in [-0.1, -0.05) is 30.3 Å². The third-order valence-corrected chi connectivity index (χ3v) is 6.62. The van der Waals surface area contributed by atoms with E-state index in [1.54, 1.807) is 12.1 Å². The number of piperidine rings is 1. The van der Waals surface area contributed by atoms with Gasteiger partial charge in [0.25, 0.3) is 0 Å². The Morgan fingerprint density at radius 3 is 2.39 bits per heavy atom. The molecule has 2 aliphatic rings. The summed E-state index contributed by atoms with van der Waals surface area (Å²) in [5.74, 6) is 0.955. The summed E-state index contributed by atoms with van der Waals surface area (Å²) >= 11 is 0. The summed E-state index contributed by atoms with van der Waals surface area (Å²) in [7, 11) is 0. The Hall–Kier alpha value is -2.95. The van der Waals surface area contributed by atoms with E-state index >= 15 is 0 Å². The van der Waals surface area contributed by atoms with Crippen LogP contribution in [0, 0.1) is 13.8 Å². The van der Waals surface area contributed by atoms with Crippen LogP contribution in [0.2, 0.25) is 0 Å². The predicted octanol–water partition coefficient (Wildman–Crippen LogP) is 4.68. The van der Waals surface area contributed by atoms with Gasteiger partial charge >= 0.3 is 0 Å². The van der Waals surface area contributed by atoms with Gasteiger partial charge in [-0.3, -0.25) is 14.4 Å². The fourth-order valence-corrected chi connectivity index (χ4v) is 4.52. The lowest BCUT2D eigenvalue weighted by Gasteiger charge is -2.44. The lowest BCUT2D eigenvalue weighted by molar-refractivity contribution is -0.134. The standard InChI is InChI=1S/C26H29NO4/c1-18-15-21-23(29)17-26(31-24(21)16-19(18)2)11-13-27(14-12-26)25(30)10-6-9-22(28)20-7-4-3-5-8-20/h3-5,7-8,15-16H,6,9-14,17H2,1-2H3. The summed E-state index contributed by atoms with van der Waals surface area (Å²) in [6.45, 7) is 5.19. The molecule has 2 heterocycles. The number of nitrogens with zero attached hydrogens (tertiary/aromatic N) is 1. The molecule has 1 spiro atoms. The van der Waals surface area contributed by atoms with Crippen molar-refractivity contribution in [3.63, 3.8) is 0 Å². The molecule has 4 rings (SSSR count). The van der Waals surface area contributed by atoms with Crippen LogP contribution in [0.3, 0.4) is 0 Å². The normalized spacial score (nSPS) is 17.2. The van der Waals surface area contributed by atoms with Gasteiger partial charge in [0.15, 0.2) is 11.6 Å². The first-order valence-corrected chi connectivity index (χ1v) is 11.1. The van der Waals surface area contributed by atoms with E-state index in [2.05, 4.69) is 0 Å². The van der Waals surface area contributed by atoms with Crippen LogP contribution in [0.15, 0.2) is 42.5 Å². The van der Waals surface area contributed by atoms with E-state index in [-0.39, 0.29) is 17.5 Å². The Bertz CT molecular complexity index is 1000. The molecule has 0 bridgehead atoms. The number of hydrogen-bond donors (Lipinski definition) is 0. The average Bonchev–Trinajstić information content (AvgIpc) is 2.76.